The zero-order valence-corrected chi connectivity index (χ0v) is 9.38. The van der Waals surface area contributed by atoms with E-state index < -0.39 is 0 Å². The van der Waals surface area contributed by atoms with Gasteiger partial charge in [0.2, 0.25) is 0 Å². The summed E-state index contributed by atoms with van der Waals surface area (Å²) in [7, 11) is 0. The first-order chi connectivity index (χ1) is 7.84. The van der Waals surface area contributed by atoms with E-state index in [2.05, 4.69) is 16.4 Å². The molecule has 1 aliphatic carbocycles. The quantitative estimate of drug-likeness (QED) is 0.609. The molecule has 0 aliphatic heterocycles. The summed E-state index contributed by atoms with van der Waals surface area (Å²) in [6.07, 6.45) is 10.2. The third kappa shape index (κ3) is 3.42. The van der Waals surface area contributed by atoms with Crippen molar-refractivity contribution in [2.45, 2.75) is 32.2 Å². The highest BCUT2D eigenvalue weighted by Gasteiger charge is 2.03. The van der Waals surface area contributed by atoms with E-state index in [-0.39, 0.29) is 5.82 Å². The van der Waals surface area contributed by atoms with Crippen LogP contribution < -0.4 is 5.32 Å². The van der Waals surface area contributed by atoms with Gasteiger partial charge in [-0.2, -0.15) is 0 Å². The van der Waals surface area contributed by atoms with Crippen LogP contribution in [-0.4, -0.2) is 11.5 Å². The summed E-state index contributed by atoms with van der Waals surface area (Å²) in [4.78, 5) is 3.81. The third-order valence-corrected chi connectivity index (χ3v) is 2.85. The van der Waals surface area contributed by atoms with Gasteiger partial charge in [0.25, 0.3) is 0 Å². The van der Waals surface area contributed by atoms with Crippen molar-refractivity contribution >= 4 is 0 Å². The van der Waals surface area contributed by atoms with E-state index in [4.69, 9.17) is 0 Å². The molecule has 1 heterocycles. The Kier molecular flexibility index (Phi) is 4.05. The molecule has 0 saturated heterocycles. The van der Waals surface area contributed by atoms with E-state index in [1.54, 1.807) is 11.8 Å². The Balaban J connectivity index is 1.68. The monoisotopic (exact) mass is 220 g/mol. The number of allylic oxidation sites excluding steroid dienone is 1. The van der Waals surface area contributed by atoms with Gasteiger partial charge in [-0.1, -0.05) is 11.6 Å². The molecule has 2 nitrogen and oxygen atoms in total. The SMILES string of the molecule is Fc1cncc(CNCCC2=CCCC2)c1. The molecule has 0 bridgehead atoms. The molecule has 0 fully saturated rings. The molecule has 0 amide bonds. The van der Waals surface area contributed by atoms with Gasteiger partial charge in [-0.25, -0.2) is 4.39 Å². The maximum absolute atomic E-state index is 12.8. The van der Waals surface area contributed by atoms with Gasteiger partial charge in [-0.05, 0) is 43.9 Å². The van der Waals surface area contributed by atoms with Crippen LogP contribution in [0.1, 0.15) is 31.2 Å². The molecule has 1 aliphatic rings. The summed E-state index contributed by atoms with van der Waals surface area (Å²) in [5.41, 5.74) is 2.46. The normalized spacial score (nSPS) is 15.2. The second kappa shape index (κ2) is 5.75. The minimum absolute atomic E-state index is 0.266. The summed E-state index contributed by atoms with van der Waals surface area (Å²) in [5, 5.41) is 3.31. The number of hydrogen-bond donors (Lipinski definition) is 1. The van der Waals surface area contributed by atoms with Crippen molar-refractivity contribution in [3.05, 3.63) is 41.5 Å². The van der Waals surface area contributed by atoms with Gasteiger partial charge in [0.1, 0.15) is 5.82 Å². The highest BCUT2D eigenvalue weighted by atomic mass is 19.1. The Morgan fingerprint density at radius 3 is 3.06 bits per heavy atom. The molecule has 1 aromatic rings. The lowest BCUT2D eigenvalue weighted by Crippen LogP contribution is -2.15. The van der Waals surface area contributed by atoms with Gasteiger partial charge in [-0.3, -0.25) is 4.98 Å². The van der Waals surface area contributed by atoms with Crippen molar-refractivity contribution in [3.8, 4) is 0 Å². The summed E-state index contributed by atoms with van der Waals surface area (Å²) in [6, 6.07) is 1.52. The van der Waals surface area contributed by atoms with Crippen LogP contribution in [0.4, 0.5) is 4.39 Å². The molecule has 2 rings (SSSR count). The molecule has 0 aromatic carbocycles. The van der Waals surface area contributed by atoms with Gasteiger partial charge in [0.05, 0.1) is 6.20 Å². The number of hydrogen-bond acceptors (Lipinski definition) is 2. The highest BCUT2D eigenvalue weighted by Crippen LogP contribution is 2.19. The summed E-state index contributed by atoms with van der Waals surface area (Å²) >= 11 is 0. The van der Waals surface area contributed by atoms with Crippen LogP contribution in [-0.2, 0) is 6.54 Å². The maximum Gasteiger partial charge on any atom is 0.141 e. The number of nitrogens with one attached hydrogen (secondary N) is 1. The second-order valence-corrected chi connectivity index (χ2v) is 4.19. The van der Waals surface area contributed by atoms with Crippen LogP contribution in [0.2, 0.25) is 0 Å². The topological polar surface area (TPSA) is 24.9 Å². The van der Waals surface area contributed by atoms with Crippen molar-refractivity contribution in [1.82, 2.24) is 10.3 Å². The first kappa shape index (κ1) is 11.3. The molecule has 1 N–H and O–H groups in total. The Hall–Kier alpha value is -1.22. The highest BCUT2D eigenvalue weighted by molar-refractivity contribution is 5.10. The first-order valence-corrected chi connectivity index (χ1v) is 5.82. The van der Waals surface area contributed by atoms with Crippen LogP contribution in [0.3, 0.4) is 0 Å². The average molecular weight is 220 g/mol. The molecule has 0 unspecified atom stereocenters. The zero-order chi connectivity index (χ0) is 11.2. The predicted molar refractivity (Wildman–Crippen MR) is 62.5 cm³/mol. The van der Waals surface area contributed by atoms with Crippen LogP contribution in [0, 0.1) is 5.82 Å². The van der Waals surface area contributed by atoms with Crippen molar-refractivity contribution < 1.29 is 4.39 Å². The lowest BCUT2D eigenvalue weighted by Gasteiger charge is -2.05. The van der Waals surface area contributed by atoms with Crippen LogP contribution in [0.15, 0.2) is 30.1 Å². The second-order valence-electron chi connectivity index (χ2n) is 4.19. The number of halogens is 1. The Bertz CT molecular complexity index is 374. The first-order valence-electron chi connectivity index (χ1n) is 5.82. The molecular weight excluding hydrogens is 203 g/mol. The van der Waals surface area contributed by atoms with Crippen LogP contribution in [0.25, 0.3) is 0 Å². The van der Waals surface area contributed by atoms with Crippen molar-refractivity contribution in [2.24, 2.45) is 0 Å². The molecule has 0 saturated carbocycles. The molecule has 16 heavy (non-hydrogen) atoms. The fourth-order valence-electron chi connectivity index (χ4n) is 2.00. The molecule has 0 radical (unpaired) electrons. The van der Waals surface area contributed by atoms with Gasteiger partial charge in [0, 0.05) is 12.7 Å². The lowest BCUT2D eigenvalue weighted by molar-refractivity contribution is 0.612. The third-order valence-electron chi connectivity index (χ3n) is 2.85. The van der Waals surface area contributed by atoms with E-state index >= 15 is 0 Å². The Morgan fingerprint density at radius 2 is 2.31 bits per heavy atom. The fraction of sp³-hybridized carbons (Fsp3) is 0.462. The van der Waals surface area contributed by atoms with Gasteiger partial charge in [-0.15, -0.1) is 0 Å². The molecule has 0 spiro atoms. The van der Waals surface area contributed by atoms with E-state index in [0.717, 1.165) is 18.5 Å². The summed E-state index contributed by atoms with van der Waals surface area (Å²) in [5.74, 6) is -0.266. The molecule has 1 aromatic heterocycles. The lowest BCUT2D eigenvalue weighted by atomic mass is 10.1. The number of nitrogens with zero attached hydrogens (tertiary/aromatic N) is 1. The smallest absolute Gasteiger partial charge is 0.141 e. The minimum atomic E-state index is -0.266. The molecule has 0 atom stereocenters. The van der Waals surface area contributed by atoms with Gasteiger partial charge in [0.15, 0.2) is 0 Å². The largest absolute Gasteiger partial charge is 0.312 e. The average Bonchev–Trinajstić information content (AvgIpc) is 2.77. The zero-order valence-electron chi connectivity index (χ0n) is 9.38. The predicted octanol–water partition coefficient (Wildman–Crippen LogP) is 2.81. The van der Waals surface area contributed by atoms with E-state index in [9.17, 15) is 4.39 Å². The van der Waals surface area contributed by atoms with E-state index in [1.165, 1.54) is 31.5 Å². The summed E-state index contributed by atoms with van der Waals surface area (Å²) in [6.45, 7) is 1.65. The van der Waals surface area contributed by atoms with E-state index in [1.807, 2.05) is 0 Å². The van der Waals surface area contributed by atoms with Crippen molar-refractivity contribution in [2.75, 3.05) is 6.54 Å². The Labute approximate surface area is 95.6 Å². The number of rotatable bonds is 5. The Morgan fingerprint density at radius 1 is 1.38 bits per heavy atom. The fourth-order valence-corrected chi connectivity index (χ4v) is 2.00. The number of aromatic nitrogens is 1. The molecule has 3 heteroatoms. The van der Waals surface area contributed by atoms with Crippen molar-refractivity contribution in [3.63, 3.8) is 0 Å². The van der Waals surface area contributed by atoms with Crippen LogP contribution >= 0.6 is 0 Å². The maximum atomic E-state index is 12.8. The molecular formula is C13H17FN2. The summed E-state index contributed by atoms with van der Waals surface area (Å²) < 4.78 is 12.8. The van der Waals surface area contributed by atoms with Gasteiger partial charge >= 0.3 is 0 Å². The minimum Gasteiger partial charge on any atom is -0.312 e. The van der Waals surface area contributed by atoms with Crippen molar-refractivity contribution in [1.29, 1.82) is 0 Å². The molecule has 86 valence electrons. The van der Waals surface area contributed by atoms with Crippen LogP contribution in [0.5, 0.6) is 0 Å². The van der Waals surface area contributed by atoms with E-state index in [0.29, 0.717) is 6.54 Å². The van der Waals surface area contributed by atoms with Gasteiger partial charge < -0.3 is 5.32 Å². The standard InChI is InChI=1S/C13H17FN2/c14-13-7-12(9-16-10-13)8-15-6-5-11-3-1-2-4-11/h3,7,9-10,15H,1-2,4-6,8H2. The number of pyridine rings is 1.